The number of fused-ring (bicyclic) bond motifs is 1. The molecule has 0 aliphatic carbocycles. The van der Waals surface area contributed by atoms with Crippen molar-refractivity contribution in [2.45, 2.75) is 40.2 Å². The molecule has 1 N–H and O–H groups in total. The first-order chi connectivity index (χ1) is 8.91. The summed E-state index contributed by atoms with van der Waals surface area (Å²) >= 11 is 0. The molecule has 1 heterocycles. The lowest BCUT2D eigenvalue weighted by Crippen LogP contribution is -2.12. The van der Waals surface area contributed by atoms with Gasteiger partial charge in [0.05, 0.1) is 16.6 Å². The number of rotatable bonds is 4. The molecule has 0 amide bonds. The maximum atomic E-state index is 11.4. The molecule has 0 saturated carbocycles. The van der Waals surface area contributed by atoms with Gasteiger partial charge >= 0.3 is 5.97 Å². The predicted molar refractivity (Wildman–Crippen MR) is 75.6 cm³/mol. The monoisotopic (exact) mass is 260 g/mol. The minimum absolute atomic E-state index is 0.241. The molecule has 0 fully saturated rings. The van der Waals surface area contributed by atoms with Crippen LogP contribution >= 0.6 is 0 Å². The Labute approximate surface area is 113 Å². The number of benzene rings is 1. The number of hydrogen-bond acceptors (Lipinski definition) is 2. The van der Waals surface area contributed by atoms with Gasteiger partial charge < -0.3 is 9.67 Å². The van der Waals surface area contributed by atoms with Gasteiger partial charge in [-0.1, -0.05) is 19.9 Å². The van der Waals surface area contributed by atoms with Crippen LogP contribution < -0.4 is 0 Å². The largest absolute Gasteiger partial charge is 0.478 e. The third-order valence-corrected chi connectivity index (χ3v) is 3.37. The summed E-state index contributed by atoms with van der Waals surface area (Å²) in [5.74, 6) is 0.532. The van der Waals surface area contributed by atoms with Crippen LogP contribution in [0.5, 0.6) is 0 Å². The van der Waals surface area contributed by atoms with E-state index in [1.807, 2.05) is 13.0 Å². The summed E-state index contributed by atoms with van der Waals surface area (Å²) in [4.78, 5) is 15.9. The second-order valence-electron chi connectivity index (χ2n) is 5.49. The molecular weight excluding hydrogens is 240 g/mol. The Hall–Kier alpha value is -1.84. The summed E-state index contributed by atoms with van der Waals surface area (Å²) in [5, 5.41) is 9.34. The van der Waals surface area contributed by atoms with Gasteiger partial charge in [-0.15, -0.1) is 0 Å². The molecule has 0 radical (unpaired) electrons. The van der Waals surface area contributed by atoms with Crippen molar-refractivity contribution in [1.82, 2.24) is 9.55 Å². The number of imidazole rings is 1. The van der Waals surface area contributed by atoms with E-state index in [4.69, 9.17) is 0 Å². The highest BCUT2D eigenvalue weighted by atomic mass is 16.4. The van der Waals surface area contributed by atoms with Crippen LogP contribution in [0.1, 0.15) is 49.4 Å². The average molecular weight is 260 g/mol. The average Bonchev–Trinajstić information content (AvgIpc) is 2.63. The van der Waals surface area contributed by atoms with E-state index >= 15 is 0 Å². The quantitative estimate of drug-likeness (QED) is 0.912. The van der Waals surface area contributed by atoms with E-state index in [-0.39, 0.29) is 6.04 Å². The number of aromatic carboxylic acids is 1. The van der Waals surface area contributed by atoms with Gasteiger partial charge in [0.1, 0.15) is 5.82 Å². The Balaban J connectivity index is 2.65. The van der Waals surface area contributed by atoms with Crippen molar-refractivity contribution >= 4 is 17.0 Å². The number of para-hydroxylation sites is 1. The Morgan fingerprint density at radius 3 is 2.63 bits per heavy atom. The number of carbonyl (C=O) groups is 1. The van der Waals surface area contributed by atoms with E-state index in [9.17, 15) is 9.90 Å². The summed E-state index contributed by atoms with van der Waals surface area (Å²) in [5.41, 5.74) is 1.82. The molecule has 4 heteroatoms. The van der Waals surface area contributed by atoms with Crippen molar-refractivity contribution < 1.29 is 9.90 Å². The molecule has 0 aliphatic heterocycles. The van der Waals surface area contributed by atoms with Crippen LogP contribution in [0.25, 0.3) is 11.0 Å². The SMILES string of the molecule is Cc1nc2cccc(C(=O)O)c2n1C(C)CC(C)C. The maximum Gasteiger partial charge on any atom is 0.337 e. The van der Waals surface area contributed by atoms with Crippen LogP contribution in [0, 0.1) is 12.8 Å². The summed E-state index contributed by atoms with van der Waals surface area (Å²) in [6, 6.07) is 5.50. The van der Waals surface area contributed by atoms with Gasteiger partial charge in [0.2, 0.25) is 0 Å². The molecule has 102 valence electrons. The Morgan fingerprint density at radius 1 is 1.37 bits per heavy atom. The summed E-state index contributed by atoms with van der Waals surface area (Å²) in [7, 11) is 0. The molecule has 2 aromatic rings. The van der Waals surface area contributed by atoms with Crippen LogP contribution in [0.2, 0.25) is 0 Å². The molecule has 0 saturated heterocycles. The van der Waals surface area contributed by atoms with Crippen LogP contribution in [0.15, 0.2) is 18.2 Å². The first-order valence-electron chi connectivity index (χ1n) is 6.62. The van der Waals surface area contributed by atoms with Crippen molar-refractivity contribution in [1.29, 1.82) is 0 Å². The summed E-state index contributed by atoms with van der Waals surface area (Å²) in [6.45, 7) is 8.39. The molecule has 1 unspecified atom stereocenters. The second-order valence-corrected chi connectivity index (χ2v) is 5.49. The van der Waals surface area contributed by atoms with Gasteiger partial charge in [-0.3, -0.25) is 0 Å². The van der Waals surface area contributed by atoms with E-state index in [2.05, 4.69) is 30.3 Å². The highest BCUT2D eigenvalue weighted by Crippen LogP contribution is 2.27. The Kier molecular flexibility index (Phi) is 3.60. The van der Waals surface area contributed by atoms with Gasteiger partial charge in [0.15, 0.2) is 0 Å². The molecule has 0 aliphatic rings. The smallest absolute Gasteiger partial charge is 0.337 e. The molecule has 2 rings (SSSR count). The number of carboxylic acids is 1. The van der Waals surface area contributed by atoms with Crippen LogP contribution in [-0.4, -0.2) is 20.6 Å². The highest BCUT2D eigenvalue weighted by molar-refractivity contribution is 6.01. The van der Waals surface area contributed by atoms with Crippen LogP contribution in [-0.2, 0) is 0 Å². The Morgan fingerprint density at radius 2 is 2.05 bits per heavy atom. The lowest BCUT2D eigenvalue weighted by atomic mass is 10.0. The van der Waals surface area contributed by atoms with Crippen LogP contribution in [0.4, 0.5) is 0 Å². The number of nitrogens with zero attached hydrogens (tertiary/aromatic N) is 2. The van der Waals surface area contributed by atoms with E-state index in [1.54, 1.807) is 12.1 Å². The van der Waals surface area contributed by atoms with Crippen molar-refractivity contribution in [3.63, 3.8) is 0 Å². The van der Waals surface area contributed by atoms with Gasteiger partial charge in [-0.2, -0.15) is 0 Å². The lowest BCUT2D eigenvalue weighted by Gasteiger charge is -2.19. The fraction of sp³-hybridized carbons (Fsp3) is 0.467. The van der Waals surface area contributed by atoms with Gasteiger partial charge in [-0.25, -0.2) is 9.78 Å². The van der Waals surface area contributed by atoms with E-state index in [0.29, 0.717) is 11.5 Å². The van der Waals surface area contributed by atoms with E-state index < -0.39 is 5.97 Å². The van der Waals surface area contributed by atoms with Gasteiger partial charge in [0, 0.05) is 6.04 Å². The van der Waals surface area contributed by atoms with Crippen molar-refractivity contribution in [3.05, 3.63) is 29.6 Å². The topological polar surface area (TPSA) is 55.1 Å². The standard InChI is InChI=1S/C15H20N2O2/c1-9(2)8-10(3)17-11(4)16-13-7-5-6-12(14(13)17)15(18)19/h5-7,9-10H,8H2,1-4H3,(H,18,19). The van der Waals surface area contributed by atoms with Crippen molar-refractivity contribution in [2.75, 3.05) is 0 Å². The molecule has 19 heavy (non-hydrogen) atoms. The number of aryl methyl sites for hydroxylation is 1. The molecule has 0 spiro atoms. The summed E-state index contributed by atoms with van der Waals surface area (Å²) < 4.78 is 2.05. The van der Waals surface area contributed by atoms with Crippen LogP contribution in [0.3, 0.4) is 0 Å². The molecule has 0 bridgehead atoms. The zero-order chi connectivity index (χ0) is 14.2. The first-order valence-corrected chi connectivity index (χ1v) is 6.62. The molecular formula is C15H20N2O2. The third kappa shape index (κ3) is 2.48. The van der Waals surface area contributed by atoms with E-state index in [0.717, 1.165) is 23.3 Å². The Bertz CT molecular complexity index is 614. The van der Waals surface area contributed by atoms with Crippen molar-refractivity contribution in [3.8, 4) is 0 Å². The minimum Gasteiger partial charge on any atom is -0.478 e. The molecule has 1 atom stereocenters. The lowest BCUT2D eigenvalue weighted by molar-refractivity contribution is 0.0698. The molecule has 1 aromatic carbocycles. The van der Waals surface area contributed by atoms with Gasteiger partial charge in [0.25, 0.3) is 0 Å². The summed E-state index contributed by atoms with van der Waals surface area (Å²) in [6.07, 6.45) is 1.00. The first kappa shape index (κ1) is 13.6. The number of hydrogen-bond donors (Lipinski definition) is 1. The second kappa shape index (κ2) is 5.03. The highest BCUT2D eigenvalue weighted by Gasteiger charge is 2.19. The fourth-order valence-corrected chi connectivity index (χ4v) is 2.76. The molecule has 4 nitrogen and oxygen atoms in total. The number of aromatic nitrogens is 2. The fourth-order valence-electron chi connectivity index (χ4n) is 2.76. The number of carboxylic acid groups (broad SMARTS) is 1. The van der Waals surface area contributed by atoms with Gasteiger partial charge in [-0.05, 0) is 38.3 Å². The van der Waals surface area contributed by atoms with E-state index in [1.165, 1.54) is 0 Å². The predicted octanol–water partition coefficient (Wildman–Crippen LogP) is 3.65. The zero-order valence-electron chi connectivity index (χ0n) is 11.8. The maximum absolute atomic E-state index is 11.4. The minimum atomic E-state index is -0.900. The third-order valence-electron chi connectivity index (χ3n) is 3.37. The molecule has 1 aromatic heterocycles. The normalized spacial score (nSPS) is 13.1. The zero-order valence-corrected chi connectivity index (χ0v) is 11.8. The van der Waals surface area contributed by atoms with Crippen molar-refractivity contribution in [2.24, 2.45) is 5.92 Å².